The highest BCUT2D eigenvalue weighted by atomic mass is 35.5. The minimum atomic E-state index is -1.10. The van der Waals surface area contributed by atoms with Gasteiger partial charge in [0.15, 0.2) is 5.78 Å². The summed E-state index contributed by atoms with van der Waals surface area (Å²) in [6.07, 6.45) is 3.28. The Balaban J connectivity index is 2.27. The molecule has 1 fully saturated rings. The van der Waals surface area contributed by atoms with Crippen molar-refractivity contribution in [2.24, 2.45) is 0 Å². The predicted molar refractivity (Wildman–Crippen MR) is 62.5 cm³/mol. The third-order valence-corrected chi connectivity index (χ3v) is 2.94. The maximum atomic E-state index is 11.5. The number of carbonyl (C=O) groups excluding carboxylic acids is 1. The van der Waals surface area contributed by atoms with E-state index >= 15 is 0 Å². The van der Waals surface area contributed by atoms with E-state index in [1.54, 1.807) is 0 Å². The Labute approximate surface area is 103 Å². The number of carbonyl (C=O) groups is 2. The molecule has 0 bridgehead atoms. The van der Waals surface area contributed by atoms with Crippen molar-refractivity contribution in [3.05, 3.63) is 23.0 Å². The van der Waals surface area contributed by atoms with E-state index in [4.69, 9.17) is 16.7 Å². The van der Waals surface area contributed by atoms with Crippen molar-refractivity contribution in [3.8, 4) is 0 Å². The SMILES string of the molecule is O=C(O)c1cnc(Cl)cc1NC1CCCC1=O. The average Bonchev–Trinajstić information content (AvgIpc) is 2.64. The Morgan fingerprint density at radius 2 is 2.35 bits per heavy atom. The number of pyridine rings is 1. The van der Waals surface area contributed by atoms with Gasteiger partial charge in [0, 0.05) is 12.6 Å². The molecular weight excluding hydrogens is 244 g/mol. The molecular formula is C11H11ClN2O3. The zero-order valence-electron chi connectivity index (χ0n) is 8.94. The zero-order chi connectivity index (χ0) is 12.4. The van der Waals surface area contributed by atoms with Crippen LogP contribution in [0.1, 0.15) is 29.6 Å². The first-order chi connectivity index (χ1) is 8.08. The van der Waals surface area contributed by atoms with Gasteiger partial charge in [0.25, 0.3) is 0 Å². The first kappa shape index (κ1) is 11.9. The highest BCUT2D eigenvalue weighted by molar-refractivity contribution is 6.29. The first-order valence-corrected chi connectivity index (χ1v) is 5.64. The van der Waals surface area contributed by atoms with E-state index in [2.05, 4.69) is 10.3 Å². The molecule has 5 nitrogen and oxygen atoms in total. The van der Waals surface area contributed by atoms with E-state index in [-0.39, 0.29) is 22.5 Å². The van der Waals surface area contributed by atoms with Gasteiger partial charge in [0.05, 0.1) is 11.7 Å². The number of hydrogen-bond donors (Lipinski definition) is 2. The molecule has 0 aromatic carbocycles. The second-order valence-electron chi connectivity index (χ2n) is 3.91. The van der Waals surface area contributed by atoms with Gasteiger partial charge in [0.2, 0.25) is 0 Å². The third-order valence-electron chi connectivity index (χ3n) is 2.74. The molecule has 0 radical (unpaired) electrons. The van der Waals surface area contributed by atoms with Gasteiger partial charge in [-0.1, -0.05) is 11.6 Å². The maximum Gasteiger partial charge on any atom is 0.339 e. The van der Waals surface area contributed by atoms with Crippen LogP contribution in [0.15, 0.2) is 12.3 Å². The number of aromatic carboxylic acids is 1. The number of nitrogens with zero attached hydrogens (tertiary/aromatic N) is 1. The molecule has 1 heterocycles. The van der Waals surface area contributed by atoms with E-state index in [0.29, 0.717) is 12.1 Å². The summed E-state index contributed by atoms with van der Waals surface area (Å²) in [5.41, 5.74) is 0.367. The fourth-order valence-electron chi connectivity index (χ4n) is 1.88. The van der Waals surface area contributed by atoms with Gasteiger partial charge in [-0.15, -0.1) is 0 Å². The molecule has 1 aromatic rings. The van der Waals surface area contributed by atoms with Crippen LogP contribution < -0.4 is 5.32 Å². The summed E-state index contributed by atoms with van der Waals surface area (Å²) in [7, 11) is 0. The molecule has 17 heavy (non-hydrogen) atoms. The lowest BCUT2D eigenvalue weighted by molar-refractivity contribution is -0.118. The fraction of sp³-hybridized carbons (Fsp3) is 0.364. The highest BCUT2D eigenvalue weighted by Gasteiger charge is 2.25. The lowest BCUT2D eigenvalue weighted by atomic mass is 10.2. The summed E-state index contributed by atoms with van der Waals surface area (Å²) >= 11 is 5.71. The Kier molecular flexibility index (Phi) is 3.28. The van der Waals surface area contributed by atoms with Crippen molar-refractivity contribution in [1.82, 2.24) is 4.98 Å². The predicted octanol–water partition coefficient (Wildman–Crippen LogP) is 1.97. The van der Waals surface area contributed by atoms with E-state index in [9.17, 15) is 9.59 Å². The fourth-order valence-corrected chi connectivity index (χ4v) is 2.03. The van der Waals surface area contributed by atoms with Crippen LogP contribution in [0.5, 0.6) is 0 Å². The third kappa shape index (κ3) is 2.55. The summed E-state index contributed by atoms with van der Waals surface area (Å²) in [5, 5.41) is 12.1. The number of halogens is 1. The summed E-state index contributed by atoms with van der Waals surface area (Å²) in [4.78, 5) is 26.2. The second-order valence-corrected chi connectivity index (χ2v) is 4.30. The van der Waals surface area contributed by atoms with Crippen molar-refractivity contribution in [3.63, 3.8) is 0 Å². The molecule has 1 aliphatic carbocycles. The Bertz CT molecular complexity index is 476. The van der Waals surface area contributed by atoms with E-state index in [1.807, 2.05) is 0 Å². The van der Waals surface area contributed by atoms with Crippen molar-refractivity contribution in [1.29, 1.82) is 0 Å². The minimum Gasteiger partial charge on any atom is -0.478 e. The monoisotopic (exact) mass is 254 g/mol. The minimum absolute atomic E-state index is 0.0223. The Morgan fingerprint density at radius 1 is 1.59 bits per heavy atom. The molecule has 0 amide bonds. The lowest BCUT2D eigenvalue weighted by Gasteiger charge is -2.14. The second kappa shape index (κ2) is 4.71. The van der Waals surface area contributed by atoms with Crippen molar-refractivity contribution in [2.75, 3.05) is 5.32 Å². The quantitative estimate of drug-likeness (QED) is 0.806. The number of hydrogen-bond acceptors (Lipinski definition) is 4. The molecule has 0 spiro atoms. The topological polar surface area (TPSA) is 79.3 Å². The number of carboxylic acid groups (broad SMARTS) is 1. The number of Topliss-reactive ketones (excluding diaryl/α,β-unsaturated/α-hetero) is 1. The molecule has 0 aliphatic heterocycles. The Morgan fingerprint density at radius 3 is 2.94 bits per heavy atom. The molecule has 0 saturated heterocycles. The normalized spacial score (nSPS) is 19.4. The van der Waals surface area contributed by atoms with Gasteiger partial charge in [-0.05, 0) is 18.9 Å². The van der Waals surface area contributed by atoms with Crippen LogP contribution in [0.4, 0.5) is 5.69 Å². The number of aromatic nitrogens is 1. The molecule has 90 valence electrons. The number of nitrogens with one attached hydrogen (secondary N) is 1. The molecule has 1 saturated carbocycles. The van der Waals surface area contributed by atoms with E-state index in [0.717, 1.165) is 12.8 Å². The average molecular weight is 255 g/mol. The van der Waals surface area contributed by atoms with Crippen LogP contribution in [0.2, 0.25) is 5.15 Å². The van der Waals surface area contributed by atoms with Gasteiger partial charge >= 0.3 is 5.97 Å². The highest BCUT2D eigenvalue weighted by Crippen LogP contribution is 2.24. The summed E-state index contributed by atoms with van der Waals surface area (Å²) in [6.45, 7) is 0. The van der Waals surface area contributed by atoms with Crippen LogP contribution in [0, 0.1) is 0 Å². The van der Waals surface area contributed by atoms with Gasteiger partial charge in [-0.25, -0.2) is 9.78 Å². The molecule has 2 N–H and O–H groups in total. The van der Waals surface area contributed by atoms with E-state index in [1.165, 1.54) is 12.3 Å². The molecule has 1 atom stereocenters. The largest absolute Gasteiger partial charge is 0.478 e. The molecule has 1 aliphatic rings. The number of anilines is 1. The van der Waals surface area contributed by atoms with Gasteiger partial charge in [-0.3, -0.25) is 4.79 Å². The summed E-state index contributed by atoms with van der Waals surface area (Å²) in [5.74, 6) is -0.989. The Hall–Kier alpha value is -1.62. The first-order valence-electron chi connectivity index (χ1n) is 5.26. The van der Waals surface area contributed by atoms with Crippen LogP contribution >= 0.6 is 11.6 Å². The summed E-state index contributed by atoms with van der Waals surface area (Å²) < 4.78 is 0. The number of ketones is 1. The molecule has 6 heteroatoms. The molecule has 1 aromatic heterocycles. The van der Waals surface area contributed by atoms with Crippen LogP contribution in [-0.4, -0.2) is 27.9 Å². The van der Waals surface area contributed by atoms with E-state index < -0.39 is 5.97 Å². The van der Waals surface area contributed by atoms with Crippen molar-refractivity contribution < 1.29 is 14.7 Å². The maximum absolute atomic E-state index is 11.5. The molecule has 2 rings (SSSR count). The van der Waals surface area contributed by atoms with Crippen molar-refractivity contribution >= 4 is 29.0 Å². The van der Waals surface area contributed by atoms with Gasteiger partial charge < -0.3 is 10.4 Å². The summed E-state index contributed by atoms with van der Waals surface area (Å²) in [6, 6.07) is 1.11. The van der Waals surface area contributed by atoms with Gasteiger partial charge in [-0.2, -0.15) is 0 Å². The zero-order valence-corrected chi connectivity index (χ0v) is 9.70. The van der Waals surface area contributed by atoms with Gasteiger partial charge in [0.1, 0.15) is 10.7 Å². The van der Waals surface area contributed by atoms with Crippen LogP contribution in [0.25, 0.3) is 0 Å². The van der Waals surface area contributed by atoms with Crippen LogP contribution in [-0.2, 0) is 4.79 Å². The number of rotatable bonds is 3. The molecule has 1 unspecified atom stereocenters. The standard InChI is InChI=1S/C11H11ClN2O3/c12-10-4-8(6(5-13-10)11(16)17)14-7-2-1-3-9(7)15/h4-5,7H,1-3H2,(H,13,14)(H,16,17). The lowest BCUT2D eigenvalue weighted by Crippen LogP contribution is -2.24. The van der Waals surface area contributed by atoms with Crippen LogP contribution in [0.3, 0.4) is 0 Å². The number of carboxylic acids is 1. The smallest absolute Gasteiger partial charge is 0.339 e. The van der Waals surface area contributed by atoms with Crippen molar-refractivity contribution in [2.45, 2.75) is 25.3 Å².